The van der Waals surface area contributed by atoms with E-state index in [1.807, 2.05) is 0 Å². The second kappa shape index (κ2) is 4.57. The molecule has 0 atom stereocenters. The molecule has 5 rings (SSSR count). The van der Waals surface area contributed by atoms with E-state index in [9.17, 15) is 0 Å². The quantitative estimate of drug-likeness (QED) is 0.774. The van der Waals surface area contributed by atoms with Crippen molar-refractivity contribution in [2.75, 3.05) is 0 Å². The van der Waals surface area contributed by atoms with Crippen molar-refractivity contribution in [3.05, 3.63) is 11.6 Å². The van der Waals surface area contributed by atoms with Gasteiger partial charge >= 0.3 is 0 Å². The van der Waals surface area contributed by atoms with Gasteiger partial charge < -0.3 is 4.57 Å². The number of hydrogen-bond donors (Lipinski definition) is 0. The summed E-state index contributed by atoms with van der Waals surface area (Å²) in [5, 5.41) is 9.28. The van der Waals surface area contributed by atoms with E-state index in [0.29, 0.717) is 10.8 Å². The van der Waals surface area contributed by atoms with Crippen LogP contribution < -0.4 is 0 Å². The molecule has 3 nitrogen and oxygen atoms in total. The van der Waals surface area contributed by atoms with Crippen molar-refractivity contribution < 1.29 is 0 Å². The zero-order valence-corrected chi connectivity index (χ0v) is 12.8. The molecule has 2 bridgehead atoms. The molecule has 2 heterocycles. The summed E-state index contributed by atoms with van der Waals surface area (Å²) >= 11 is 0. The van der Waals surface area contributed by atoms with Gasteiger partial charge in [-0.25, -0.2) is 0 Å². The Morgan fingerprint density at radius 2 is 1.55 bits per heavy atom. The van der Waals surface area contributed by atoms with Crippen molar-refractivity contribution in [1.82, 2.24) is 14.8 Å². The zero-order valence-electron chi connectivity index (χ0n) is 12.8. The van der Waals surface area contributed by atoms with E-state index >= 15 is 0 Å². The Kier molecular flexibility index (Phi) is 2.94. The summed E-state index contributed by atoms with van der Waals surface area (Å²) in [6.45, 7) is 3.65. The molecule has 3 fully saturated rings. The van der Waals surface area contributed by atoms with Crippen molar-refractivity contribution in [2.45, 2.75) is 89.5 Å². The van der Waals surface area contributed by atoms with E-state index in [1.165, 1.54) is 75.9 Å². The van der Waals surface area contributed by atoms with Gasteiger partial charge in [-0.05, 0) is 56.8 Å². The number of nitrogens with zero attached hydrogens (tertiary/aromatic N) is 3. The number of aromatic nitrogens is 3. The Labute approximate surface area is 122 Å². The highest BCUT2D eigenvalue weighted by Gasteiger charge is 2.49. The number of fused-ring (bicyclic) bond motifs is 4. The van der Waals surface area contributed by atoms with Crippen molar-refractivity contribution in [3.8, 4) is 0 Å². The van der Waals surface area contributed by atoms with Gasteiger partial charge in [0.05, 0.1) is 0 Å². The summed E-state index contributed by atoms with van der Waals surface area (Å²) in [5.41, 5.74) is 1.02. The molecular weight excluding hydrogens is 246 g/mol. The Balaban J connectivity index is 1.69. The Bertz CT molecular complexity index is 478. The van der Waals surface area contributed by atoms with Gasteiger partial charge in [0.1, 0.15) is 11.6 Å². The molecule has 0 unspecified atom stereocenters. The first-order valence-electron chi connectivity index (χ1n) is 8.64. The van der Waals surface area contributed by atoms with Crippen LogP contribution in [0.3, 0.4) is 0 Å². The van der Waals surface area contributed by atoms with Gasteiger partial charge in [0.25, 0.3) is 0 Å². The molecule has 0 saturated heterocycles. The predicted molar refractivity (Wildman–Crippen MR) is 79.7 cm³/mol. The van der Waals surface area contributed by atoms with Gasteiger partial charge in [0, 0.05) is 18.4 Å². The van der Waals surface area contributed by atoms with Crippen LogP contribution in [0.2, 0.25) is 0 Å². The minimum Gasteiger partial charge on any atom is -0.315 e. The third kappa shape index (κ3) is 1.93. The highest BCUT2D eigenvalue weighted by Crippen LogP contribution is 2.57. The molecule has 3 saturated carbocycles. The molecule has 0 aromatic carbocycles. The molecule has 20 heavy (non-hydrogen) atoms. The van der Waals surface area contributed by atoms with Crippen molar-refractivity contribution in [2.24, 2.45) is 5.41 Å². The van der Waals surface area contributed by atoms with Crippen LogP contribution in [0.5, 0.6) is 0 Å². The monoisotopic (exact) mass is 273 g/mol. The minimum absolute atomic E-state index is 0.377. The van der Waals surface area contributed by atoms with Crippen LogP contribution in [-0.2, 0) is 18.4 Å². The van der Waals surface area contributed by atoms with E-state index in [-0.39, 0.29) is 0 Å². The maximum absolute atomic E-state index is 4.71. The summed E-state index contributed by atoms with van der Waals surface area (Å²) in [5.74, 6) is 2.63. The van der Waals surface area contributed by atoms with Gasteiger partial charge in [-0.15, -0.1) is 10.2 Å². The molecule has 3 aliphatic carbocycles. The third-order valence-electron chi connectivity index (χ3n) is 6.46. The zero-order chi connectivity index (χ0) is 13.6. The molecule has 1 aliphatic heterocycles. The summed E-state index contributed by atoms with van der Waals surface area (Å²) in [7, 11) is 0. The van der Waals surface area contributed by atoms with Crippen molar-refractivity contribution in [3.63, 3.8) is 0 Å². The Morgan fingerprint density at radius 3 is 2.30 bits per heavy atom. The Morgan fingerprint density at radius 1 is 0.850 bits per heavy atom. The minimum atomic E-state index is 0.377. The van der Waals surface area contributed by atoms with Crippen LogP contribution >= 0.6 is 0 Å². The SMILES string of the molecule is CC12CCC(c3nnc4n3CCCCCC4)(CC1)CC2. The lowest BCUT2D eigenvalue weighted by Crippen LogP contribution is -2.44. The first kappa shape index (κ1) is 12.8. The summed E-state index contributed by atoms with van der Waals surface area (Å²) in [6, 6.07) is 0. The van der Waals surface area contributed by atoms with E-state index in [1.54, 1.807) is 0 Å². The van der Waals surface area contributed by atoms with Crippen molar-refractivity contribution in [1.29, 1.82) is 0 Å². The van der Waals surface area contributed by atoms with E-state index in [0.717, 1.165) is 13.0 Å². The molecule has 1 aromatic heterocycles. The molecular formula is C17H27N3. The fourth-order valence-corrected chi connectivity index (χ4v) is 4.76. The molecule has 0 amide bonds. The first-order valence-corrected chi connectivity index (χ1v) is 8.64. The molecule has 0 N–H and O–H groups in total. The van der Waals surface area contributed by atoms with Crippen LogP contribution in [0.15, 0.2) is 0 Å². The standard InChI is InChI=1S/C17H27N3/c1-16-7-10-17(11-8-16,12-9-16)15-19-18-14-6-4-2-3-5-13-20(14)15/h2-13H2,1H3. The van der Waals surface area contributed by atoms with Crippen LogP contribution in [0, 0.1) is 5.41 Å². The van der Waals surface area contributed by atoms with Gasteiger partial charge in [0.2, 0.25) is 0 Å². The van der Waals surface area contributed by atoms with E-state index < -0.39 is 0 Å². The predicted octanol–water partition coefficient (Wildman–Crippen LogP) is 4.01. The first-order chi connectivity index (χ1) is 9.71. The molecule has 0 spiro atoms. The molecule has 110 valence electrons. The van der Waals surface area contributed by atoms with Gasteiger partial charge in [0.15, 0.2) is 0 Å². The van der Waals surface area contributed by atoms with Gasteiger partial charge in [-0.2, -0.15) is 0 Å². The van der Waals surface area contributed by atoms with Crippen LogP contribution in [0.1, 0.15) is 82.8 Å². The normalized spacial score (nSPS) is 37.2. The lowest BCUT2D eigenvalue weighted by Gasteiger charge is -2.51. The largest absolute Gasteiger partial charge is 0.315 e. The highest BCUT2D eigenvalue weighted by atomic mass is 15.3. The molecule has 0 radical (unpaired) electrons. The van der Waals surface area contributed by atoms with Gasteiger partial charge in [-0.1, -0.05) is 19.8 Å². The smallest absolute Gasteiger partial charge is 0.139 e. The second-order valence-corrected chi connectivity index (χ2v) is 7.85. The average molecular weight is 273 g/mol. The van der Waals surface area contributed by atoms with E-state index in [4.69, 9.17) is 5.10 Å². The Hall–Kier alpha value is -0.860. The topological polar surface area (TPSA) is 30.7 Å². The van der Waals surface area contributed by atoms with Crippen LogP contribution in [0.25, 0.3) is 0 Å². The summed E-state index contributed by atoms with van der Waals surface area (Å²) in [6.07, 6.45) is 14.7. The summed E-state index contributed by atoms with van der Waals surface area (Å²) in [4.78, 5) is 0. The fourth-order valence-electron chi connectivity index (χ4n) is 4.76. The van der Waals surface area contributed by atoms with Crippen LogP contribution in [-0.4, -0.2) is 14.8 Å². The molecule has 3 heteroatoms. The van der Waals surface area contributed by atoms with Gasteiger partial charge in [-0.3, -0.25) is 0 Å². The van der Waals surface area contributed by atoms with Crippen LogP contribution in [0.4, 0.5) is 0 Å². The third-order valence-corrected chi connectivity index (χ3v) is 6.46. The maximum atomic E-state index is 4.71. The molecule has 1 aromatic rings. The highest BCUT2D eigenvalue weighted by molar-refractivity contribution is 5.17. The number of hydrogen-bond acceptors (Lipinski definition) is 2. The fraction of sp³-hybridized carbons (Fsp3) is 0.882. The second-order valence-electron chi connectivity index (χ2n) is 7.85. The van der Waals surface area contributed by atoms with Crippen molar-refractivity contribution >= 4 is 0 Å². The van der Waals surface area contributed by atoms with E-state index in [2.05, 4.69) is 16.6 Å². The number of rotatable bonds is 1. The molecule has 4 aliphatic rings. The maximum Gasteiger partial charge on any atom is 0.139 e. The average Bonchev–Trinajstić information content (AvgIpc) is 2.83. The number of aryl methyl sites for hydroxylation is 1. The lowest BCUT2D eigenvalue weighted by atomic mass is 9.54. The summed E-state index contributed by atoms with van der Waals surface area (Å²) < 4.78 is 2.52. The lowest BCUT2D eigenvalue weighted by molar-refractivity contribution is 0.0481.